The Bertz CT molecular complexity index is 960. The average molecular weight is 376 g/mol. The first-order valence-electron chi connectivity index (χ1n) is 7.52. The second kappa shape index (κ2) is 7.36. The molecule has 0 radical (unpaired) electrons. The van der Waals surface area contributed by atoms with Gasteiger partial charge in [-0.1, -0.05) is 17.7 Å². The maximum Gasteiger partial charge on any atom is 0.254 e. The van der Waals surface area contributed by atoms with E-state index in [-0.39, 0.29) is 28.9 Å². The van der Waals surface area contributed by atoms with Crippen LogP contribution >= 0.6 is 11.6 Å². The number of benzene rings is 1. The fraction of sp³-hybridized carbons (Fsp3) is 0.125. The van der Waals surface area contributed by atoms with Gasteiger partial charge in [-0.25, -0.2) is 9.37 Å². The van der Waals surface area contributed by atoms with Crippen LogP contribution in [0.5, 0.6) is 0 Å². The van der Waals surface area contributed by atoms with Gasteiger partial charge in [0.25, 0.3) is 5.91 Å². The van der Waals surface area contributed by atoms with Gasteiger partial charge in [-0.2, -0.15) is 10.1 Å². The Kier molecular flexibility index (Phi) is 4.99. The molecule has 0 aliphatic heterocycles. The number of aryl methyl sites for hydroxylation is 1. The number of aromatic nitrogens is 4. The van der Waals surface area contributed by atoms with Crippen molar-refractivity contribution in [2.75, 3.05) is 10.6 Å². The summed E-state index contributed by atoms with van der Waals surface area (Å²) in [6.45, 7) is 0.225. The number of nitrogens with one attached hydrogen (secondary N) is 2. The second-order valence-electron chi connectivity index (χ2n) is 5.44. The van der Waals surface area contributed by atoms with E-state index in [9.17, 15) is 9.18 Å². The zero-order valence-electron chi connectivity index (χ0n) is 13.7. The van der Waals surface area contributed by atoms with Gasteiger partial charge in [-0.15, -0.1) is 0 Å². The highest BCUT2D eigenvalue weighted by molar-refractivity contribution is 6.31. The van der Waals surface area contributed by atoms with E-state index in [1.165, 1.54) is 18.3 Å². The predicted molar refractivity (Wildman–Crippen MR) is 95.8 cm³/mol. The maximum absolute atomic E-state index is 13.1. The molecule has 0 saturated carbocycles. The third-order valence-electron chi connectivity index (χ3n) is 3.48. The van der Waals surface area contributed by atoms with Gasteiger partial charge in [0.2, 0.25) is 5.95 Å². The van der Waals surface area contributed by atoms with Crippen molar-refractivity contribution in [1.29, 1.82) is 0 Å². The molecule has 10 heteroatoms. The lowest BCUT2D eigenvalue weighted by atomic mass is 10.2. The number of halogens is 2. The molecule has 0 aliphatic carbocycles. The molecule has 0 fully saturated rings. The number of hydrogen-bond acceptors (Lipinski definition) is 6. The molecule has 4 N–H and O–H groups in total. The summed E-state index contributed by atoms with van der Waals surface area (Å²) in [6, 6.07) is 4.06. The maximum atomic E-state index is 13.1. The largest absolute Gasteiger partial charge is 0.365 e. The minimum absolute atomic E-state index is 0.125. The number of carbonyl (C=O) groups excluding carboxylic acids is 1. The van der Waals surface area contributed by atoms with E-state index in [4.69, 9.17) is 17.3 Å². The van der Waals surface area contributed by atoms with Crippen LogP contribution in [0, 0.1) is 5.82 Å². The molecule has 2 aromatic heterocycles. The monoisotopic (exact) mass is 375 g/mol. The lowest BCUT2D eigenvalue weighted by Gasteiger charge is -2.11. The van der Waals surface area contributed by atoms with E-state index in [1.807, 2.05) is 0 Å². The lowest BCUT2D eigenvalue weighted by Crippen LogP contribution is -2.17. The summed E-state index contributed by atoms with van der Waals surface area (Å²) in [5, 5.41) is 10.3. The van der Waals surface area contributed by atoms with Crippen molar-refractivity contribution < 1.29 is 9.18 Å². The average Bonchev–Trinajstić information content (AvgIpc) is 2.99. The number of carbonyl (C=O) groups is 1. The Morgan fingerprint density at radius 3 is 2.85 bits per heavy atom. The summed E-state index contributed by atoms with van der Waals surface area (Å²) in [6.07, 6.45) is 4.68. The molecular formula is C16H15ClFN7O. The molecule has 0 aliphatic rings. The van der Waals surface area contributed by atoms with Crippen molar-refractivity contribution in [2.24, 2.45) is 12.8 Å². The molecule has 26 heavy (non-hydrogen) atoms. The minimum Gasteiger partial charge on any atom is -0.365 e. The molecule has 134 valence electrons. The smallest absolute Gasteiger partial charge is 0.254 e. The number of nitrogens with zero attached hydrogens (tertiary/aromatic N) is 4. The predicted octanol–water partition coefficient (Wildman–Crippen LogP) is 2.46. The van der Waals surface area contributed by atoms with Gasteiger partial charge in [0.05, 0.1) is 17.4 Å². The number of amides is 1. The molecule has 1 amide bonds. The number of nitrogens with two attached hydrogens (primary N) is 1. The fourth-order valence-corrected chi connectivity index (χ4v) is 2.45. The Morgan fingerprint density at radius 1 is 1.38 bits per heavy atom. The van der Waals surface area contributed by atoms with E-state index in [0.717, 1.165) is 0 Å². The Morgan fingerprint density at radius 2 is 2.19 bits per heavy atom. The third-order valence-corrected chi connectivity index (χ3v) is 3.83. The molecule has 0 atom stereocenters. The molecule has 0 spiro atoms. The van der Waals surface area contributed by atoms with Crippen LogP contribution in [-0.2, 0) is 13.6 Å². The van der Waals surface area contributed by atoms with Crippen molar-refractivity contribution in [3.05, 3.63) is 58.8 Å². The van der Waals surface area contributed by atoms with Crippen LogP contribution in [0.1, 0.15) is 15.9 Å². The highest BCUT2D eigenvalue weighted by atomic mass is 35.5. The van der Waals surface area contributed by atoms with Gasteiger partial charge in [0, 0.05) is 31.0 Å². The highest BCUT2D eigenvalue weighted by Gasteiger charge is 2.13. The van der Waals surface area contributed by atoms with Gasteiger partial charge in [0.15, 0.2) is 0 Å². The van der Waals surface area contributed by atoms with E-state index in [1.54, 1.807) is 30.2 Å². The zero-order chi connectivity index (χ0) is 18.7. The van der Waals surface area contributed by atoms with Crippen LogP contribution in [0.3, 0.4) is 0 Å². The number of primary amides is 1. The molecular weight excluding hydrogens is 361 g/mol. The second-order valence-corrected chi connectivity index (χ2v) is 5.84. The van der Waals surface area contributed by atoms with Crippen LogP contribution in [0.2, 0.25) is 5.02 Å². The third kappa shape index (κ3) is 4.06. The van der Waals surface area contributed by atoms with Crippen LogP contribution in [0.15, 0.2) is 36.8 Å². The summed E-state index contributed by atoms with van der Waals surface area (Å²) in [5.41, 5.74) is 6.83. The molecule has 3 rings (SSSR count). The van der Waals surface area contributed by atoms with Gasteiger partial charge in [-0.3, -0.25) is 9.48 Å². The normalized spacial score (nSPS) is 10.6. The van der Waals surface area contributed by atoms with Crippen molar-refractivity contribution in [2.45, 2.75) is 6.54 Å². The molecule has 1 aromatic carbocycles. The van der Waals surface area contributed by atoms with E-state index >= 15 is 0 Å². The van der Waals surface area contributed by atoms with Crippen molar-refractivity contribution >= 4 is 35.0 Å². The summed E-state index contributed by atoms with van der Waals surface area (Å²) < 4.78 is 14.8. The highest BCUT2D eigenvalue weighted by Crippen LogP contribution is 2.21. The summed E-state index contributed by atoms with van der Waals surface area (Å²) >= 11 is 6.01. The number of hydrogen-bond donors (Lipinski definition) is 3. The molecule has 0 bridgehead atoms. The van der Waals surface area contributed by atoms with E-state index in [0.29, 0.717) is 11.3 Å². The number of anilines is 3. The molecule has 2 heterocycles. The molecule has 3 aromatic rings. The van der Waals surface area contributed by atoms with Crippen LogP contribution in [-0.4, -0.2) is 25.7 Å². The lowest BCUT2D eigenvalue weighted by molar-refractivity contribution is 0.100. The SMILES string of the molecule is Cn1cc(Nc2ncc(C(N)=O)c(NCc3ccc(F)cc3Cl)n2)cn1. The fourth-order valence-electron chi connectivity index (χ4n) is 2.22. The van der Waals surface area contributed by atoms with Crippen LogP contribution in [0.4, 0.5) is 21.8 Å². The number of rotatable bonds is 6. The summed E-state index contributed by atoms with van der Waals surface area (Å²) in [7, 11) is 1.78. The van der Waals surface area contributed by atoms with E-state index in [2.05, 4.69) is 25.7 Å². The van der Waals surface area contributed by atoms with Crippen molar-refractivity contribution in [3.63, 3.8) is 0 Å². The zero-order valence-corrected chi connectivity index (χ0v) is 14.5. The quantitative estimate of drug-likeness (QED) is 0.610. The minimum atomic E-state index is -0.675. The van der Waals surface area contributed by atoms with Crippen molar-refractivity contribution in [3.8, 4) is 0 Å². The molecule has 8 nitrogen and oxygen atoms in total. The summed E-state index contributed by atoms with van der Waals surface area (Å²) in [4.78, 5) is 20.0. The van der Waals surface area contributed by atoms with Gasteiger partial charge < -0.3 is 16.4 Å². The molecule has 0 saturated heterocycles. The summed E-state index contributed by atoms with van der Waals surface area (Å²) in [5.74, 6) is -0.609. The van der Waals surface area contributed by atoms with Gasteiger partial charge >= 0.3 is 0 Å². The first-order chi connectivity index (χ1) is 12.4. The van der Waals surface area contributed by atoms with Crippen molar-refractivity contribution in [1.82, 2.24) is 19.7 Å². The first-order valence-corrected chi connectivity index (χ1v) is 7.90. The van der Waals surface area contributed by atoms with E-state index < -0.39 is 11.7 Å². The Balaban J connectivity index is 1.83. The first kappa shape index (κ1) is 17.6. The molecule has 0 unspecified atom stereocenters. The van der Waals surface area contributed by atoms with Gasteiger partial charge in [-0.05, 0) is 17.7 Å². The van der Waals surface area contributed by atoms with Gasteiger partial charge in [0.1, 0.15) is 11.6 Å². The van der Waals surface area contributed by atoms with Crippen LogP contribution in [0.25, 0.3) is 0 Å². The van der Waals surface area contributed by atoms with Crippen LogP contribution < -0.4 is 16.4 Å². The topological polar surface area (TPSA) is 111 Å². The standard InChI is InChI=1S/C16H15ClFN7O/c1-25-8-11(6-22-25)23-16-21-7-12(14(19)26)15(24-16)20-5-9-2-3-10(18)4-13(9)17/h2-4,6-8H,5H2,1H3,(H2,19,26)(H2,20,21,23,24). The Labute approximate surface area is 153 Å². The Hall–Kier alpha value is -3.20.